The Bertz CT molecular complexity index is 695. The van der Waals surface area contributed by atoms with Crippen molar-refractivity contribution >= 4 is 23.3 Å². The van der Waals surface area contributed by atoms with E-state index in [4.69, 9.17) is 12.2 Å². The predicted molar refractivity (Wildman–Crippen MR) is 73.5 cm³/mol. The first-order valence-corrected chi connectivity index (χ1v) is 6.92. The molecule has 5 heteroatoms. The molecule has 3 rings (SSSR count). The Morgan fingerprint density at radius 3 is 2.63 bits per heavy atom. The molecule has 0 bridgehead atoms. The van der Waals surface area contributed by atoms with Crippen molar-refractivity contribution in [2.24, 2.45) is 11.3 Å². The molecule has 1 aliphatic carbocycles. The lowest BCUT2D eigenvalue weighted by Crippen LogP contribution is -2.18. The van der Waals surface area contributed by atoms with Crippen LogP contribution in [0.2, 0.25) is 0 Å². The third-order valence-corrected chi connectivity index (χ3v) is 4.74. The Labute approximate surface area is 115 Å². The van der Waals surface area contributed by atoms with E-state index in [9.17, 15) is 8.78 Å². The van der Waals surface area contributed by atoms with E-state index in [0.717, 1.165) is 18.9 Å². The van der Waals surface area contributed by atoms with Gasteiger partial charge in [-0.25, -0.2) is 8.78 Å². The molecule has 1 saturated carbocycles. The fourth-order valence-corrected chi connectivity index (χ4v) is 3.00. The summed E-state index contributed by atoms with van der Waals surface area (Å²) in [5.41, 5.74) is 1.01. The molecule has 2 nitrogen and oxygen atoms in total. The van der Waals surface area contributed by atoms with Gasteiger partial charge in [-0.3, -0.25) is 0 Å². The van der Waals surface area contributed by atoms with Crippen molar-refractivity contribution < 1.29 is 8.78 Å². The molecular weight excluding hydrogens is 266 g/mol. The van der Waals surface area contributed by atoms with Crippen molar-refractivity contribution in [3.8, 4) is 0 Å². The number of aromatic amines is 1. The summed E-state index contributed by atoms with van der Waals surface area (Å²) in [5.74, 6) is -1.13. The van der Waals surface area contributed by atoms with Gasteiger partial charge in [0.15, 0.2) is 16.4 Å². The molecular formula is C14H16F2N2S. The van der Waals surface area contributed by atoms with Crippen LogP contribution >= 0.6 is 12.2 Å². The Morgan fingerprint density at radius 2 is 2.05 bits per heavy atom. The number of halogens is 2. The van der Waals surface area contributed by atoms with Crippen molar-refractivity contribution in [2.45, 2.75) is 33.2 Å². The summed E-state index contributed by atoms with van der Waals surface area (Å²) in [4.78, 5) is 2.96. The maximum absolute atomic E-state index is 14.0. The molecule has 1 aromatic carbocycles. The van der Waals surface area contributed by atoms with Crippen LogP contribution in [0.3, 0.4) is 0 Å². The third-order valence-electron chi connectivity index (χ3n) is 4.42. The molecule has 1 N–H and O–H groups in total. The standard InChI is InChI=1S/C14H16F2N2S/c1-8(2)14(5-6-14)7-18-12-10(17-13(18)19)4-3-9(15)11(12)16/h3-4,8H,5-7H2,1-2H3,(H,17,19). The number of rotatable bonds is 3. The number of hydrogen-bond donors (Lipinski definition) is 1. The fourth-order valence-electron chi connectivity index (χ4n) is 2.73. The van der Waals surface area contributed by atoms with Gasteiger partial charge in [-0.1, -0.05) is 13.8 Å². The summed E-state index contributed by atoms with van der Waals surface area (Å²) in [6, 6.07) is 2.66. The van der Waals surface area contributed by atoms with Gasteiger partial charge in [-0.05, 0) is 48.5 Å². The van der Waals surface area contributed by atoms with Gasteiger partial charge in [0, 0.05) is 6.54 Å². The molecule has 0 radical (unpaired) electrons. The van der Waals surface area contributed by atoms with Gasteiger partial charge in [0.1, 0.15) is 5.52 Å². The minimum absolute atomic E-state index is 0.187. The number of H-pyrrole nitrogens is 1. The number of hydrogen-bond acceptors (Lipinski definition) is 1. The highest BCUT2D eigenvalue weighted by Crippen LogP contribution is 2.53. The Kier molecular flexibility index (Phi) is 2.78. The lowest BCUT2D eigenvalue weighted by atomic mass is 9.92. The number of nitrogens with one attached hydrogen (secondary N) is 1. The Hall–Kier alpha value is -1.23. The lowest BCUT2D eigenvalue weighted by molar-refractivity contribution is 0.310. The number of benzene rings is 1. The third kappa shape index (κ3) is 1.91. The molecule has 1 aromatic heterocycles. The second-order valence-corrected chi connectivity index (χ2v) is 6.18. The monoisotopic (exact) mass is 282 g/mol. The summed E-state index contributed by atoms with van der Waals surface area (Å²) in [6.45, 7) is 4.99. The van der Waals surface area contributed by atoms with Gasteiger partial charge in [0.05, 0.1) is 5.52 Å². The molecule has 19 heavy (non-hydrogen) atoms. The first kappa shape index (κ1) is 12.8. The highest BCUT2D eigenvalue weighted by Gasteiger charge is 2.45. The van der Waals surface area contributed by atoms with E-state index in [0.29, 0.717) is 22.8 Å². The van der Waals surface area contributed by atoms with E-state index >= 15 is 0 Å². The minimum Gasteiger partial charge on any atom is -0.330 e. The smallest absolute Gasteiger partial charge is 0.184 e. The Balaban J connectivity index is 2.16. The lowest BCUT2D eigenvalue weighted by Gasteiger charge is -2.20. The topological polar surface area (TPSA) is 20.7 Å². The summed E-state index contributed by atoms with van der Waals surface area (Å²) >= 11 is 5.26. The zero-order valence-electron chi connectivity index (χ0n) is 11.0. The molecule has 0 atom stereocenters. The first-order valence-electron chi connectivity index (χ1n) is 6.51. The first-order chi connectivity index (χ1) is 8.94. The average molecular weight is 282 g/mol. The van der Waals surface area contributed by atoms with Crippen LogP contribution in [0.15, 0.2) is 12.1 Å². The van der Waals surface area contributed by atoms with Gasteiger partial charge in [-0.2, -0.15) is 0 Å². The van der Waals surface area contributed by atoms with Gasteiger partial charge in [-0.15, -0.1) is 0 Å². The Morgan fingerprint density at radius 1 is 1.37 bits per heavy atom. The van der Waals surface area contributed by atoms with Gasteiger partial charge in [0.2, 0.25) is 0 Å². The van der Waals surface area contributed by atoms with Crippen molar-refractivity contribution in [3.05, 3.63) is 28.5 Å². The second-order valence-electron chi connectivity index (χ2n) is 5.79. The molecule has 2 aromatic rings. The van der Waals surface area contributed by atoms with Crippen molar-refractivity contribution in [1.82, 2.24) is 9.55 Å². The van der Waals surface area contributed by atoms with Gasteiger partial charge in [0.25, 0.3) is 0 Å². The summed E-state index contributed by atoms with van der Waals surface area (Å²) in [5, 5.41) is 0. The highest BCUT2D eigenvalue weighted by atomic mass is 32.1. The van der Waals surface area contributed by atoms with E-state index in [1.165, 1.54) is 6.07 Å². The van der Waals surface area contributed by atoms with Crippen molar-refractivity contribution in [1.29, 1.82) is 0 Å². The van der Waals surface area contributed by atoms with Crippen LogP contribution < -0.4 is 0 Å². The summed E-state index contributed by atoms with van der Waals surface area (Å²) < 4.78 is 29.6. The summed E-state index contributed by atoms with van der Waals surface area (Å²) in [6.07, 6.45) is 2.24. The molecule has 102 valence electrons. The van der Waals surface area contributed by atoms with Crippen molar-refractivity contribution in [3.63, 3.8) is 0 Å². The number of imidazole rings is 1. The van der Waals surface area contributed by atoms with Crippen LogP contribution in [0.25, 0.3) is 11.0 Å². The summed E-state index contributed by atoms with van der Waals surface area (Å²) in [7, 11) is 0. The maximum atomic E-state index is 14.0. The van der Waals surface area contributed by atoms with Crippen LogP contribution in [0.5, 0.6) is 0 Å². The van der Waals surface area contributed by atoms with Crippen LogP contribution in [0.4, 0.5) is 8.78 Å². The number of aromatic nitrogens is 2. The van der Waals surface area contributed by atoms with E-state index in [-0.39, 0.29) is 10.9 Å². The molecule has 0 aliphatic heterocycles. The van der Waals surface area contributed by atoms with Crippen LogP contribution in [-0.2, 0) is 6.54 Å². The van der Waals surface area contributed by atoms with Gasteiger partial charge < -0.3 is 9.55 Å². The van der Waals surface area contributed by atoms with Crippen LogP contribution in [0, 0.1) is 27.7 Å². The SMILES string of the molecule is CC(C)C1(Cn2c(=S)[nH]c3ccc(F)c(F)c32)CC1. The van der Waals surface area contributed by atoms with E-state index in [1.807, 2.05) is 0 Å². The van der Waals surface area contributed by atoms with Crippen molar-refractivity contribution in [2.75, 3.05) is 0 Å². The van der Waals surface area contributed by atoms with Gasteiger partial charge >= 0.3 is 0 Å². The fraction of sp³-hybridized carbons (Fsp3) is 0.500. The highest BCUT2D eigenvalue weighted by molar-refractivity contribution is 7.71. The van der Waals surface area contributed by atoms with E-state index in [2.05, 4.69) is 18.8 Å². The maximum Gasteiger partial charge on any atom is 0.184 e. The zero-order chi connectivity index (χ0) is 13.8. The molecule has 1 aliphatic rings. The molecule has 0 amide bonds. The zero-order valence-corrected chi connectivity index (χ0v) is 11.8. The molecule has 0 spiro atoms. The van der Waals surface area contributed by atoms with Crippen LogP contribution in [0.1, 0.15) is 26.7 Å². The minimum atomic E-state index is -0.829. The second kappa shape index (κ2) is 4.13. The molecule has 0 unspecified atom stereocenters. The van der Waals surface area contributed by atoms with E-state index < -0.39 is 11.6 Å². The average Bonchev–Trinajstić information content (AvgIpc) is 3.06. The number of nitrogens with zero attached hydrogens (tertiary/aromatic N) is 1. The quantitative estimate of drug-likeness (QED) is 0.827. The number of fused-ring (bicyclic) bond motifs is 1. The van der Waals surface area contributed by atoms with E-state index in [1.54, 1.807) is 4.57 Å². The molecule has 0 saturated heterocycles. The normalized spacial score (nSPS) is 17.3. The molecule has 1 fully saturated rings. The predicted octanol–water partition coefficient (Wildman–Crippen LogP) is 4.41. The van der Waals surface area contributed by atoms with Crippen LogP contribution in [-0.4, -0.2) is 9.55 Å². The molecule has 1 heterocycles. The largest absolute Gasteiger partial charge is 0.330 e.